The molecule has 0 bridgehead atoms. The topological polar surface area (TPSA) is 81.6 Å². The highest BCUT2D eigenvalue weighted by molar-refractivity contribution is 5.78. The lowest BCUT2D eigenvalue weighted by molar-refractivity contribution is -0.384. The Balaban J connectivity index is 2.43. The third-order valence-corrected chi connectivity index (χ3v) is 3.03. The van der Waals surface area contributed by atoms with Crippen LogP contribution < -0.4 is 15.4 Å². The molecule has 0 heterocycles. The number of non-ortho nitro benzene ring substituents is 1. The Hall–Kier alpha value is -2.76. The molecule has 2 aromatic carbocycles. The summed E-state index contributed by atoms with van der Waals surface area (Å²) in [6.45, 7) is 0. The van der Waals surface area contributed by atoms with Crippen LogP contribution in [0, 0.1) is 10.1 Å². The maximum atomic E-state index is 10.7. The van der Waals surface area contributed by atoms with E-state index in [1.807, 2.05) is 36.2 Å². The number of nitro groups is 1. The van der Waals surface area contributed by atoms with Crippen LogP contribution in [-0.4, -0.2) is 19.1 Å². The number of hydrogen-bond acceptors (Lipinski definition) is 5. The largest absolute Gasteiger partial charge is 0.495 e. The Morgan fingerprint density at radius 1 is 1.20 bits per heavy atom. The van der Waals surface area contributed by atoms with Gasteiger partial charge in [0, 0.05) is 19.2 Å². The summed E-state index contributed by atoms with van der Waals surface area (Å²) in [7, 11) is 3.42. The summed E-state index contributed by atoms with van der Waals surface area (Å²) in [5.41, 5.74) is 7.72. The molecule has 0 radical (unpaired) electrons. The van der Waals surface area contributed by atoms with Crippen LogP contribution >= 0.6 is 0 Å². The van der Waals surface area contributed by atoms with E-state index in [0.29, 0.717) is 17.1 Å². The molecule has 2 N–H and O–H groups in total. The van der Waals surface area contributed by atoms with Gasteiger partial charge in [-0.15, -0.1) is 0 Å². The SMILES string of the molecule is COc1ccccc1N(C)c1ccc([N+](=O)[O-])cc1N. The van der Waals surface area contributed by atoms with Crippen LogP contribution in [0.5, 0.6) is 5.75 Å². The van der Waals surface area contributed by atoms with Crippen LogP contribution in [-0.2, 0) is 0 Å². The van der Waals surface area contributed by atoms with E-state index < -0.39 is 4.92 Å². The van der Waals surface area contributed by atoms with Crippen molar-refractivity contribution >= 4 is 22.7 Å². The molecule has 0 aliphatic heterocycles. The lowest BCUT2D eigenvalue weighted by Crippen LogP contribution is -2.12. The molecule has 0 saturated carbocycles. The van der Waals surface area contributed by atoms with Gasteiger partial charge in [-0.05, 0) is 18.2 Å². The van der Waals surface area contributed by atoms with Gasteiger partial charge < -0.3 is 15.4 Å². The third-order valence-electron chi connectivity index (χ3n) is 3.03. The minimum absolute atomic E-state index is 0.0281. The number of methoxy groups -OCH3 is 1. The number of ether oxygens (including phenoxy) is 1. The quantitative estimate of drug-likeness (QED) is 0.526. The molecule has 0 aliphatic rings. The predicted octanol–water partition coefficient (Wildman–Crippen LogP) is 2.95. The first kappa shape index (κ1) is 13.7. The van der Waals surface area contributed by atoms with Crippen molar-refractivity contribution in [2.45, 2.75) is 0 Å². The van der Waals surface area contributed by atoms with Gasteiger partial charge in [0.2, 0.25) is 0 Å². The average molecular weight is 273 g/mol. The molecule has 0 aliphatic carbocycles. The van der Waals surface area contributed by atoms with Crippen molar-refractivity contribution in [2.24, 2.45) is 0 Å². The molecule has 0 atom stereocenters. The molecule has 104 valence electrons. The molecule has 0 fully saturated rings. The summed E-state index contributed by atoms with van der Waals surface area (Å²) in [6.07, 6.45) is 0. The van der Waals surface area contributed by atoms with Gasteiger partial charge in [0.25, 0.3) is 5.69 Å². The maximum absolute atomic E-state index is 10.7. The smallest absolute Gasteiger partial charge is 0.271 e. The standard InChI is InChI=1S/C14H15N3O3/c1-16(13-5-3-4-6-14(13)20-2)12-8-7-10(17(18)19)9-11(12)15/h3-9H,15H2,1-2H3. The fraction of sp³-hybridized carbons (Fsp3) is 0.143. The summed E-state index contributed by atoms with van der Waals surface area (Å²) >= 11 is 0. The van der Waals surface area contributed by atoms with E-state index in [9.17, 15) is 10.1 Å². The van der Waals surface area contributed by atoms with Crippen molar-refractivity contribution in [3.8, 4) is 5.75 Å². The summed E-state index contributed by atoms with van der Waals surface area (Å²) in [6, 6.07) is 11.9. The van der Waals surface area contributed by atoms with Gasteiger partial charge in [0.1, 0.15) is 5.75 Å². The number of hydrogen-bond donors (Lipinski definition) is 1. The number of benzene rings is 2. The van der Waals surface area contributed by atoms with Gasteiger partial charge in [0.15, 0.2) is 0 Å². The molecule has 6 nitrogen and oxygen atoms in total. The van der Waals surface area contributed by atoms with Crippen LogP contribution in [0.15, 0.2) is 42.5 Å². The molecular weight excluding hydrogens is 258 g/mol. The zero-order valence-electron chi connectivity index (χ0n) is 11.2. The Morgan fingerprint density at radius 3 is 2.50 bits per heavy atom. The minimum atomic E-state index is -0.469. The lowest BCUT2D eigenvalue weighted by Gasteiger charge is -2.23. The number of rotatable bonds is 4. The predicted molar refractivity (Wildman–Crippen MR) is 78.6 cm³/mol. The van der Waals surface area contributed by atoms with Crippen molar-refractivity contribution < 1.29 is 9.66 Å². The summed E-state index contributed by atoms with van der Waals surface area (Å²) < 4.78 is 5.30. The highest BCUT2D eigenvalue weighted by atomic mass is 16.6. The third kappa shape index (κ3) is 2.49. The second-order valence-corrected chi connectivity index (χ2v) is 4.23. The molecular formula is C14H15N3O3. The molecule has 0 aromatic heterocycles. The van der Waals surface area contributed by atoms with Crippen molar-refractivity contribution in [1.29, 1.82) is 0 Å². The molecule has 2 aromatic rings. The van der Waals surface area contributed by atoms with Crippen LogP contribution in [0.2, 0.25) is 0 Å². The summed E-state index contributed by atoms with van der Waals surface area (Å²) in [5, 5.41) is 10.7. The van der Waals surface area contributed by atoms with Gasteiger partial charge in [-0.2, -0.15) is 0 Å². The van der Waals surface area contributed by atoms with Gasteiger partial charge >= 0.3 is 0 Å². The first-order valence-electron chi connectivity index (χ1n) is 5.95. The highest BCUT2D eigenvalue weighted by Gasteiger charge is 2.15. The Kier molecular flexibility index (Phi) is 3.74. The van der Waals surface area contributed by atoms with Crippen LogP contribution in [0.3, 0.4) is 0 Å². The van der Waals surface area contributed by atoms with E-state index in [1.54, 1.807) is 13.2 Å². The number of nitrogen functional groups attached to an aromatic ring is 1. The molecule has 2 rings (SSSR count). The second kappa shape index (κ2) is 5.48. The minimum Gasteiger partial charge on any atom is -0.495 e. The van der Waals surface area contributed by atoms with Crippen molar-refractivity contribution in [3.05, 3.63) is 52.6 Å². The van der Waals surface area contributed by atoms with Crippen LogP contribution in [0.1, 0.15) is 0 Å². The molecule has 6 heteroatoms. The maximum Gasteiger partial charge on any atom is 0.271 e. The van der Waals surface area contributed by atoms with Gasteiger partial charge in [-0.3, -0.25) is 10.1 Å². The molecule has 0 saturated heterocycles. The van der Waals surface area contributed by atoms with E-state index in [-0.39, 0.29) is 5.69 Å². The molecule has 0 amide bonds. The van der Waals surface area contributed by atoms with Gasteiger partial charge in [-0.1, -0.05) is 12.1 Å². The van der Waals surface area contributed by atoms with Crippen molar-refractivity contribution in [1.82, 2.24) is 0 Å². The number of nitrogens with zero attached hydrogens (tertiary/aromatic N) is 2. The van der Waals surface area contributed by atoms with Crippen molar-refractivity contribution in [3.63, 3.8) is 0 Å². The fourth-order valence-corrected chi connectivity index (χ4v) is 2.00. The molecule has 0 spiro atoms. The number of nitro benzene ring substituents is 1. The monoisotopic (exact) mass is 273 g/mol. The Morgan fingerprint density at radius 2 is 1.90 bits per heavy atom. The van der Waals surface area contributed by atoms with E-state index in [2.05, 4.69) is 0 Å². The van der Waals surface area contributed by atoms with Crippen molar-refractivity contribution in [2.75, 3.05) is 24.8 Å². The molecule has 0 unspecified atom stereocenters. The average Bonchev–Trinajstić information content (AvgIpc) is 2.46. The van der Waals surface area contributed by atoms with E-state index >= 15 is 0 Å². The zero-order chi connectivity index (χ0) is 14.7. The number of anilines is 3. The highest BCUT2D eigenvalue weighted by Crippen LogP contribution is 2.36. The zero-order valence-corrected chi connectivity index (χ0v) is 11.2. The number of para-hydroxylation sites is 2. The Labute approximate surface area is 116 Å². The molecule has 20 heavy (non-hydrogen) atoms. The van der Waals surface area contributed by atoms with Gasteiger partial charge in [-0.25, -0.2) is 0 Å². The lowest BCUT2D eigenvalue weighted by atomic mass is 10.2. The summed E-state index contributed by atoms with van der Waals surface area (Å²) in [5.74, 6) is 0.702. The normalized spacial score (nSPS) is 10.1. The Bertz CT molecular complexity index is 643. The van der Waals surface area contributed by atoms with Crippen LogP contribution in [0.25, 0.3) is 0 Å². The first-order chi connectivity index (χ1) is 9.54. The fourth-order valence-electron chi connectivity index (χ4n) is 2.00. The first-order valence-corrected chi connectivity index (χ1v) is 5.95. The van der Waals surface area contributed by atoms with E-state index in [4.69, 9.17) is 10.5 Å². The second-order valence-electron chi connectivity index (χ2n) is 4.23. The van der Waals surface area contributed by atoms with Gasteiger partial charge in [0.05, 0.1) is 29.1 Å². The number of nitrogens with two attached hydrogens (primary N) is 1. The van der Waals surface area contributed by atoms with E-state index in [1.165, 1.54) is 12.1 Å². The summed E-state index contributed by atoms with van der Waals surface area (Å²) in [4.78, 5) is 12.1. The van der Waals surface area contributed by atoms with E-state index in [0.717, 1.165) is 5.69 Å². The van der Waals surface area contributed by atoms with Crippen LogP contribution in [0.4, 0.5) is 22.7 Å².